The number of H-pyrrole nitrogens is 1. The molecule has 3 aromatic heterocycles. The number of hydrogen-bond acceptors (Lipinski definition) is 21. The Balaban J connectivity index is 0.901. The van der Waals surface area contributed by atoms with Crippen LogP contribution in [0.5, 0.6) is 11.5 Å². The van der Waals surface area contributed by atoms with Gasteiger partial charge in [0.25, 0.3) is 5.91 Å². The Labute approximate surface area is 662 Å². The number of amides is 9. The minimum Gasteiger partial charge on any atom is -0.487 e. The van der Waals surface area contributed by atoms with Crippen molar-refractivity contribution in [3.8, 4) is 11.5 Å². The summed E-state index contributed by atoms with van der Waals surface area (Å²) < 4.78 is 20.8. The monoisotopic (exact) mass is 1570 g/mol. The average molecular weight is 1570 g/mol. The Hall–Kier alpha value is -12.5. The number of likely N-dealkylation sites (N-methyl/N-ethyl adjacent to an activating group) is 2. The number of fused-ring (bicyclic) bond motifs is 2. The lowest BCUT2D eigenvalue weighted by atomic mass is 9.85. The average Bonchev–Trinajstić information content (AvgIpc) is 1.64. The molecule has 0 spiro atoms. The lowest BCUT2D eigenvalue weighted by Crippen LogP contribution is -2.61. The van der Waals surface area contributed by atoms with Crippen LogP contribution >= 0.6 is 0 Å². The number of nitrogens with zero attached hydrogens (tertiary/aromatic N) is 9. The molecule has 0 unspecified atom stereocenters. The quantitative estimate of drug-likeness (QED) is 0.0668. The van der Waals surface area contributed by atoms with E-state index in [1.807, 2.05) is 78.9 Å². The predicted molar refractivity (Wildman–Crippen MR) is 418 cm³/mol. The van der Waals surface area contributed by atoms with Crippen LogP contribution in [0.4, 0.5) is 0 Å². The molecule has 6 aliphatic rings. The van der Waals surface area contributed by atoms with Gasteiger partial charge in [-0.1, -0.05) is 161 Å². The molecule has 0 saturated carbocycles. The first-order valence-corrected chi connectivity index (χ1v) is 38.2. The minimum atomic E-state index is -1.68. The van der Waals surface area contributed by atoms with Crippen molar-refractivity contribution in [2.24, 2.45) is 16.7 Å². The summed E-state index contributed by atoms with van der Waals surface area (Å²) in [6.07, 6.45) is 2.48. The second-order valence-corrected chi connectivity index (χ2v) is 31.6. The first-order valence-electron chi connectivity index (χ1n) is 38.2. The fourth-order valence-electron chi connectivity index (χ4n) is 14.6. The number of ether oxygens (including phenoxy) is 2. The van der Waals surface area contributed by atoms with E-state index in [0.29, 0.717) is 22.4 Å². The summed E-state index contributed by atoms with van der Waals surface area (Å²) in [7, 11) is 3.21. The lowest BCUT2D eigenvalue weighted by molar-refractivity contribution is -0.146. The van der Waals surface area contributed by atoms with Crippen LogP contribution < -0.4 is 57.8 Å². The molecule has 0 radical (unpaired) electrons. The highest BCUT2D eigenvalue weighted by Gasteiger charge is 2.51. The number of aromatic amines is 1. The summed E-state index contributed by atoms with van der Waals surface area (Å²) in [6, 6.07) is 26.1. The predicted octanol–water partition coefficient (Wildman–Crippen LogP) is 4.55. The molecule has 6 aliphatic heterocycles. The maximum atomic E-state index is 15.8. The van der Waals surface area contributed by atoms with Crippen molar-refractivity contribution in [3.05, 3.63) is 196 Å². The molecule has 6 aromatic carbocycles. The van der Waals surface area contributed by atoms with Gasteiger partial charge in [-0.15, -0.1) is 15.3 Å². The van der Waals surface area contributed by atoms with Crippen LogP contribution in [0.15, 0.2) is 155 Å². The second kappa shape index (κ2) is 35.3. The van der Waals surface area contributed by atoms with Gasteiger partial charge in [-0.3, -0.25) is 48.5 Å². The Morgan fingerprint density at radius 2 is 1.05 bits per heavy atom. The number of rotatable bonds is 14. The number of carbonyl (C=O) groups is 10. The van der Waals surface area contributed by atoms with Crippen molar-refractivity contribution in [2.75, 3.05) is 27.2 Å². The summed E-state index contributed by atoms with van der Waals surface area (Å²) in [5, 5.41) is 61.1. The molecule has 9 heterocycles. The molecule has 9 aromatic rings. The molecule has 2 saturated heterocycles. The van der Waals surface area contributed by atoms with Crippen LogP contribution in [0.3, 0.4) is 0 Å². The van der Waals surface area contributed by atoms with Gasteiger partial charge in [0, 0.05) is 32.4 Å². The normalized spacial score (nSPS) is 21.4. The number of imide groups is 1. The van der Waals surface area contributed by atoms with Gasteiger partial charge in [-0.05, 0) is 126 Å². The molecule has 15 rings (SSSR count). The number of carboxylic acids is 1. The molecular formula is C82H96N18O15. The standard InChI is InChI=1S/C82H96N18O15/c1-45(83-9)70(102)89-68(81(3,4)5)77(108)97-33-31-62-66(97)74(106)85-60(39-49-20-24-51-16-12-14-18-54(51)36-49)73(105)86-61(76-93-94-80(112)115-76)38-47-21-27-58(28-22-47)113-43-56-42-100(96-91-56)63-32-34-98(78(109)69(82(6,7)8)90-71(103)46(2)84-10)67(63)75(107)87-64(101)40-55(37-48-19-23-50-15-11-13-17-53(50)35-48)72(104)88-65(79(110)111)52-25-29-59(30-26-52)114-44-57-41-99(62)95-92-57/h11-30,35-36,41-42,45-46,55,60-63,65-69,83-84H,31-34,37-40,43-44H2,1-10H3,(H,85,106)(H,86,105)(H,88,104)(H,89,102)(H,90,103)(H,94,112)(H,110,111)(H,87,101,107)/t45-,46-,55+,60-,61-,62+,63+,65-,66-,67-,68+,69+/m0/s1. The highest BCUT2D eigenvalue weighted by atomic mass is 16.5. The molecule has 0 aliphatic carbocycles. The van der Waals surface area contributed by atoms with E-state index >= 15 is 24.0 Å². The van der Waals surface area contributed by atoms with Crippen LogP contribution in [-0.4, -0.2) is 184 Å². The van der Waals surface area contributed by atoms with Crippen molar-refractivity contribution < 1.29 is 66.9 Å². The van der Waals surface area contributed by atoms with Gasteiger partial charge < -0.3 is 66.0 Å². The number of likely N-dealkylation sites (tertiary alicyclic amines) is 2. The molecule has 33 heteroatoms. The molecule has 12 atom stereocenters. The number of carbonyl (C=O) groups excluding carboxylic acids is 9. The summed E-state index contributed by atoms with van der Waals surface area (Å²) in [4.78, 5) is 162. The number of nitrogens with one attached hydrogen (secondary N) is 9. The lowest BCUT2D eigenvalue weighted by Gasteiger charge is -2.37. The number of carboxylic acid groups (broad SMARTS) is 1. The van der Waals surface area contributed by atoms with E-state index in [0.717, 1.165) is 21.5 Å². The van der Waals surface area contributed by atoms with Crippen molar-refractivity contribution in [1.29, 1.82) is 0 Å². The van der Waals surface area contributed by atoms with E-state index in [4.69, 9.17) is 13.9 Å². The van der Waals surface area contributed by atoms with Crippen molar-refractivity contribution in [3.63, 3.8) is 0 Å². The van der Waals surface area contributed by atoms with E-state index < -0.39 is 155 Å². The summed E-state index contributed by atoms with van der Waals surface area (Å²) in [6.45, 7) is 13.5. The topological polar surface area (TPSA) is 432 Å². The van der Waals surface area contributed by atoms with Gasteiger partial charge in [0.15, 0.2) is 6.04 Å². The second-order valence-electron chi connectivity index (χ2n) is 31.6. The van der Waals surface area contributed by atoms with E-state index in [9.17, 15) is 33.9 Å². The summed E-state index contributed by atoms with van der Waals surface area (Å²) in [5.74, 6) is -9.62. The van der Waals surface area contributed by atoms with Crippen LogP contribution in [0.2, 0.25) is 0 Å². The zero-order chi connectivity index (χ0) is 82.2. The van der Waals surface area contributed by atoms with Gasteiger partial charge in [0.05, 0.1) is 42.5 Å². The molecule has 10 N–H and O–H groups in total. The zero-order valence-corrected chi connectivity index (χ0v) is 65.5. The third-order valence-electron chi connectivity index (χ3n) is 21.3. The highest BCUT2D eigenvalue weighted by molar-refractivity contribution is 6.02. The molecular weight excluding hydrogens is 1480 g/mol. The van der Waals surface area contributed by atoms with Gasteiger partial charge >= 0.3 is 11.7 Å². The fraction of sp³-hybridized carbons (Fsp3) is 0.415. The third kappa shape index (κ3) is 19.6. The van der Waals surface area contributed by atoms with E-state index in [1.54, 1.807) is 106 Å². The first-order chi connectivity index (χ1) is 54.9. The number of hydrogen-bond donors (Lipinski definition) is 10. The number of aromatic nitrogens is 8. The van der Waals surface area contributed by atoms with Crippen molar-refractivity contribution >= 4 is 80.7 Å². The fourth-order valence-corrected chi connectivity index (χ4v) is 14.6. The molecule has 9 amide bonds. The van der Waals surface area contributed by atoms with E-state index in [2.05, 4.69) is 73.4 Å². The maximum absolute atomic E-state index is 15.8. The maximum Gasteiger partial charge on any atom is 0.434 e. The molecule has 8 bridgehead atoms. The van der Waals surface area contributed by atoms with Crippen molar-refractivity contribution in [2.45, 2.75) is 174 Å². The Bertz CT molecular complexity index is 5140. The smallest absolute Gasteiger partial charge is 0.434 e. The third-order valence-corrected chi connectivity index (χ3v) is 21.3. The molecule has 115 heavy (non-hydrogen) atoms. The highest BCUT2D eigenvalue weighted by Crippen LogP contribution is 2.36. The largest absolute Gasteiger partial charge is 0.487 e. The Morgan fingerprint density at radius 1 is 0.565 bits per heavy atom. The zero-order valence-electron chi connectivity index (χ0n) is 65.5. The Morgan fingerprint density at radius 3 is 1.53 bits per heavy atom. The molecule has 33 nitrogen and oxygen atoms in total. The molecule has 2 fully saturated rings. The number of aliphatic carboxylic acids is 1. The van der Waals surface area contributed by atoms with Crippen molar-refractivity contribution in [1.82, 2.24) is 92.5 Å². The number of benzene rings is 6. The van der Waals surface area contributed by atoms with Gasteiger partial charge in [0.2, 0.25) is 53.1 Å². The minimum absolute atomic E-state index is 0.0132. The summed E-state index contributed by atoms with van der Waals surface area (Å²) >= 11 is 0. The van der Waals surface area contributed by atoms with Crippen LogP contribution in [0.1, 0.15) is 138 Å². The molecule has 604 valence electrons. The van der Waals surface area contributed by atoms with Crippen LogP contribution in [-0.2, 0) is 80.4 Å². The van der Waals surface area contributed by atoms with E-state index in [-0.39, 0.29) is 87.0 Å². The summed E-state index contributed by atoms with van der Waals surface area (Å²) in [5.41, 5.74) is 0.695. The Kier molecular flexibility index (Phi) is 25.1. The SMILES string of the molecule is CN[C@@H](C)C(=O)N[C@H](C(=O)N1CC[C@@H]2[C@H]1C(=O)NC(=O)C[C@@H](Cc1ccc3ccccc3c1)C(=O)N[C@H](C(=O)O)c1ccc(cc1)OCc1cn(nn1)[C@@H]1CCN(C(=O)[C@@H](NC(=O)[C@H](C)NC)C(C)(C)C)[C@@H]1C(=O)N[C@@H](Cc1ccc3ccccc3c1)C(=O)N[C@H](c1n[nH]c(=O)o1)Cc1ccc(cc1)OCc1cn2nn1)C(C)(C)C. The first kappa shape index (κ1) is 82.0. The van der Waals surface area contributed by atoms with Crippen LogP contribution in [0, 0.1) is 16.7 Å². The van der Waals surface area contributed by atoms with Gasteiger partial charge in [0.1, 0.15) is 72.4 Å². The van der Waals surface area contributed by atoms with Gasteiger partial charge in [-0.25, -0.2) is 24.1 Å². The van der Waals surface area contributed by atoms with E-state index in [1.165, 1.54) is 49.6 Å². The van der Waals surface area contributed by atoms with Gasteiger partial charge in [-0.2, -0.15) is 0 Å². The van der Waals surface area contributed by atoms with Crippen LogP contribution in [0.25, 0.3) is 21.5 Å².